The number of hydrogen-bond donors (Lipinski definition) is 1. The van der Waals surface area contributed by atoms with Crippen LogP contribution in [0.2, 0.25) is 0 Å². The van der Waals surface area contributed by atoms with Gasteiger partial charge in [0.25, 0.3) is 5.91 Å². The quantitative estimate of drug-likeness (QED) is 0.946. The number of aromatic nitrogens is 2. The van der Waals surface area contributed by atoms with Crippen LogP contribution in [0.15, 0.2) is 30.6 Å². The van der Waals surface area contributed by atoms with Crippen LogP contribution in [0.4, 0.5) is 11.6 Å². The molecule has 1 amide bonds. The topological polar surface area (TPSA) is 58.1 Å². The van der Waals surface area contributed by atoms with Crippen molar-refractivity contribution in [3.63, 3.8) is 0 Å². The van der Waals surface area contributed by atoms with E-state index < -0.39 is 0 Å². The normalized spacial score (nSPS) is 14.2. The third kappa shape index (κ3) is 3.08. The maximum atomic E-state index is 12.3. The van der Waals surface area contributed by atoms with Gasteiger partial charge in [0.05, 0.1) is 0 Å². The van der Waals surface area contributed by atoms with Crippen molar-refractivity contribution in [1.82, 2.24) is 9.97 Å². The highest BCUT2D eigenvalue weighted by atomic mass is 16.1. The number of carbonyl (C=O) groups excluding carboxylic acids is 1. The molecule has 0 bridgehead atoms. The molecule has 1 aliphatic heterocycles. The molecule has 1 aliphatic rings. The van der Waals surface area contributed by atoms with E-state index in [-0.39, 0.29) is 5.91 Å². The fourth-order valence-electron chi connectivity index (χ4n) is 2.61. The van der Waals surface area contributed by atoms with E-state index in [1.54, 1.807) is 0 Å². The summed E-state index contributed by atoms with van der Waals surface area (Å²) >= 11 is 0. The van der Waals surface area contributed by atoms with Crippen molar-refractivity contribution in [3.05, 3.63) is 47.3 Å². The van der Waals surface area contributed by atoms with E-state index in [1.807, 2.05) is 38.1 Å². The highest BCUT2D eigenvalue weighted by Gasteiger charge is 2.15. The number of nitrogens with zero attached hydrogens (tertiary/aromatic N) is 3. The maximum absolute atomic E-state index is 12.3. The van der Waals surface area contributed by atoms with Crippen LogP contribution >= 0.6 is 0 Å². The number of nitrogens with one attached hydrogen (secondary N) is 1. The third-order valence-corrected chi connectivity index (χ3v) is 4.09. The van der Waals surface area contributed by atoms with Gasteiger partial charge in [0.1, 0.15) is 18.0 Å². The number of benzene rings is 1. The van der Waals surface area contributed by atoms with Gasteiger partial charge in [-0.2, -0.15) is 0 Å². The first-order valence-corrected chi connectivity index (χ1v) is 7.59. The van der Waals surface area contributed by atoms with Crippen LogP contribution in [0.5, 0.6) is 0 Å². The lowest BCUT2D eigenvalue weighted by Gasteiger charge is -2.16. The first-order chi connectivity index (χ1) is 10.6. The largest absolute Gasteiger partial charge is 0.356 e. The fraction of sp³-hybridized carbons (Fsp3) is 0.353. The van der Waals surface area contributed by atoms with Gasteiger partial charge in [-0.05, 0) is 49.9 Å². The second-order valence-electron chi connectivity index (χ2n) is 5.71. The zero-order chi connectivity index (χ0) is 15.5. The van der Waals surface area contributed by atoms with Crippen molar-refractivity contribution in [3.8, 4) is 0 Å². The van der Waals surface area contributed by atoms with Gasteiger partial charge >= 0.3 is 0 Å². The van der Waals surface area contributed by atoms with E-state index in [9.17, 15) is 4.79 Å². The Bertz CT molecular complexity index is 693. The van der Waals surface area contributed by atoms with Gasteiger partial charge in [-0.15, -0.1) is 0 Å². The van der Waals surface area contributed by atoms with E-state index in [1.165, 1.54) is 24.7 Å². The van der Waals surface area contributed by atoms with Gasteiger partial charge in [0, 0.05) is 24.7 Å². The van der Waals surface area contributed by atoms with Gasteiger partial charge in [-0.3, -0.25) is 4.79 Å². The summed E-state index contributed by atoms with van der Waals surface area (Å²) < 4.78 is 0. The van der Waals surface area contributed by atoms with Crippen LogP contribution in [0, 0.1) is 13.8 Å². The summed E-state index contributed by atoms with van der Waals surface area (Å²) in [6.45, 7) is 6.06. The second kappa shape index (κ2) is 6.13. The minimum absolute atomic E-state index is 0.144. The second-order valence-corrected chi connectivity index (χ2v) is 5.71. The summed E-state index contributed by atoms with van der Waals surface area (Å²) in [5.74, 6) is 1.28. The molecule has 0 saturated carbocycles. The van der Waals surface area contributed by atoms with Crippen molar-refractivity contribution >= 4 is 17.5 Å². The van der Waals surface area contributed by atoms with Crippen molar-refractivity contribution < 1.29 is 4.79 Å². The Morgan fingerprint density at radius 2 is 1.86 bits per heavy atom. The van der Waals surface area contributed by atoms with E-state index >= 15 is 0 Å². The first-order valence-electron chi connectivity index (χ1n) is 7.59. The Morgan fingerprint density at radius 1 is 1.09 bits per heavy atom. The minimum atomic E-state index is -0.144. The molecule has 1 fully saturated rings. The molecular formula is C17H20N4O. The molecule has 0 unspecified atom stereocenters. The molecular weight excluding hydrogens is 276 g/mol. The molecule has 0 spiro atoms. The lowest BCUT2D eigenvalue weighted by molar-refractivity contribution is 0.102. The molecule has 2 aromatic rings. The molecule has 2 heterocycles. The lowest BCUT2D eigenvalue weighted by atomic mass is 10.1. The van der Waals surface area contributed by atoms with Crippen molar-refractivity contribution in [1.29, 1.82) is 0 Å². The SMILES string of the molecule is Cc1ccc(C(=O)Nc2cc(N3CCCC3)ncn2)cc1C. The van der Waals surface area contributed by atoms with Crippen molar-refractivity contribution in [2.75, 3.05) is 23.3 Å². The van der Waals surface area contributed by atoms with Crippen LogP contribution in [0.3, 0.4) is 0 Å². The predicted octanol–water partition coefficient (Wildman–Crippen LogP) is 2.95. The average Bonchev–Trinajstić information content (AvgIpc) is 3.04. The fourth-order valence-corrected chi connectivity index (χ4v) is 2.61. The molecule has 1 saturated heterocycles. The van der Waals surface area contributed by atoms with Gasteiger partial charge < -0.3 is 10.2 Å². The summed E-state index contributed by atoms with van der Waals surface area (Å²) in [5, 5.41) is 2.85. The maximum Gasteiger partial charge on any atom is 0.256 e. The molecule has 0 radical (unpaired) electrons. The molecule has 5 heteroatoms. The Labute approximate surface area is 130 Å². The highest BCUT2D eigenvalue weighted by Crippen LogP contribution is 2.20. The van der Waals surface area contributed by atoms with Crippen LogP contribution in [-0.4, -0.2) is 29.0 Å². The monoisotopic (exact) mass is 296 g/mol. The summed E-state index contributed by atoms with van der Waals surface area (Å²) in [7, 11) is 0. The van der Waals surface area contributed by atoms with Gasteiger partial charge in [0.15, 0.2) is 0 Å². The van der Waals surface area contributed by atoms with E-state index in [4.69, 9.17) is 0 Å². The third-order valence-electron chi connectivity index (χ3n) is 4.09. The van der Waals surface area contributed by atoms with Gasteiger partial charge in [-0.25, -0.2) is 9.97 Å². The predicted molar refractivity (Wildman–Crippen MR) is 87.3 cm³/mol. The summed E-state index contributed by atoms with van der Waals surface area (Å²) in [6, 6.07) is 7.53. The Hall–Kier alpha value is -2.43. The molecule has 5 nitrogen and oxygen atoms in total. The van der Waals surface area contributed by atoms with Crippen LogP contribution in [0.1, 0.15) is 34.3 Å². The molecule has 22 heavy (non-hydrogen) atoms. The standard InChI is InChI=1S/C17H20N4O/c1-12-5-6-14(9-13(12)2)17(22)20-15-10-16(19-11-18-15)21-7-3-4-8-21/h5-6,9-11H,3-4,7-8H2,1-2H3,(H,18,19,20,22). The van der Waals surface area contributed by atoms with Crippen LogP contribution in [-0.2, 0) is 0 Å². The molecule has 114 valence electrons. The van der Waals surface area contributed by atoms with E-state index in [0.29, 0.717) is 11.4 Å². The molecule has 1 aromatic heterocycles. The van der Waals surface area contributed by atoms with Crippen molar-refractivity contribution in [2.45, 2.75) is 26.7 Å². The highest BCUT2D eigenvalue weighted by molar-refractivity contribution is 6.04. The number of carbonyl (C=O) groups is 1. The number of aryl methyl sites for hydroxylation is 2. The average molecular weight is 296 g/mol. The number of hydrogen-bond acceptors (Lipinski definition) is 4. The number of amides is 1. The zero-order valence-electron chi connectivity index (χ0n) is 13.0. The Morgan fingerprint density at radius 3 is 2.59 bits per heavy atom. The van der Waals surface area contributed by atoms with Crippen LogP contribution < -0.4 is 10.2 Å². The van der Waals surface area contributed by atoms with Gasteiger partial charge in [-0.1, -0.05) is 6.07 Å². The molecule has 3 rings (SSSR count). The Balaban J connectivity index is 1.76. The zero-order valence-corrected chi connectivity index (χ0v) is 13.0. The van der Waals surface area contributed by atoms with Crippen LogP contribution in [0.25, 0.3) is 0 Å². The molecule has 1 N–H and O–H groups in total. The summed E-state index contributed by atoms with van der Waals surface area (Å²) in [4.78, 5) is 23.0. The number of anilines is 2. The smallest absolute Gasteiger partial charge is 0.256 e. The summed E-state index contributed by atoms with van der Waals surface area (Å²) in [5.41, 5.74) is 2.92. The van der Waals surface area contributed by atoms with E-state index in [0.717, 1.165) is 24.5 Å². The van der Waals surface area contributed by atoms with E-state index in [2.05, 4.69) is 20.2 Å². The van der Waals surface area contributed by atoms with Crippen molar-refractivity contribution in [2.24, 2.45) is 0 Å². The Kier molecular flexibility index (Phi) is 4.04. The summed E-state index contributed by atoms with van der Waals surface area (Å²) in [6.07, 6.45) is 3.88. The number of rotatable bonds is 3. The minimum Gasteiger partial charge on any atom is -0.356 e. The molecule has 1 aromatic carbocycles. The van der Waals surface area contributed by atoms with Gasteiger partial charge in [0.2, 0.25) is 0 Å². The molecule has 0 aliphatic carbocycles. The first kappa shape index (κ1) is 14.5. The molecule has 0 atom stereocenters. The lowest BCUT2D eigenvalue weighted by Crippen LogP contribution is -2.20.